The fourth-order valence-corrected chi connectivity index (χ4v) is 4.35. The molecule has 3 aromatic carbocycles. The minimum atomic E-state index is -0.413. The lowest BCUT2D eigenvalue weighted by Gasteiger charge is -2.13. The van der Waals surface area contributed by atoms with Crippen LogP contribution in [0.15, 0.2) is 90.5 Å². The van der Waals surface area contributed by atoms with Gasteiger partial charge in [-0.3, -0.25) is 15.0 Å². The van der Waals surface area contributed by atoms with Gasteiger partial charge in [-0.2, -0.15) is 0 Å². The number of anilines is 1. The van der Waals surface area contributed by atoms with Gasteiger partial charge in [-0.05, 0) is 80.4 Å². The molecular formula is C30H27N3O3. The summed E-state index contributed by atoms with van der Waals surface area (Å²) in [6.07, 6.45) is 1.67. The lowest BCUT2D eigenvalue weighted by atomic mass is 10.1. The average molecular weight is 478 g/mol. The van der Waals surface area contributed by atoms with Crippen LogP contribution in [0.3, 0.4) is 0 Å². The second kappa shape index (κ2) is 9.58. The highest BCUT2D eigenvalue weighted by Gasteiger charge is 2.34. The van der Waals surface area contributed by atoms with Crippen LogP contribution < -0.4 is 15.2 Å². The summed E-state index contributed by atoms with van der Waals surface area (Å²) in [7, 11) is 0. The second-order valence-electron chi connectivity index (χ2n) is 8.91. The van der Waals surface area contributed by atoms with Crippen LogP contribution in [0.5, 0.6) is 5.75 Å². The third kappa shape index (κ3) is 4.53. The normalized spacial score (nSPS) is 14.4. The van der Waals surface area contributed by atoms with Crippen LogP contribution in [0.1, 0.15) is 28.1 Å². The first-order valence-corrected chi connectivity index (χ1v) is 11.8. The zero-order chi connectivity index (χ0) is 25.2. The number of ether oxygens (including phenoxy) is 1. The number of aromatic nitrogens is 1. The van der Waals surface area contributed by atoms with Gasteiger partial charge in [0.05, 0.1) is 5.69 Å². The Kier molecular flexibility index (Phi) is 6.17. The van der Waals surface area contributed by atoms with Gasteiger partial charge >= 0.3 is 0 Å². The molecule has 180 valence electrons. The molecule has 1 aromatic heterocycles. The molecule has 0 bridgehead atoms. The number of hydrogen-bond acceptors (Lipinski definition) is 3. The Bertz CT molecular complexity index is 1450. The lowest BCUT2D eigenvalue weighted by Crippen LogP contribution is -2.35. The van der Waals surface area contributed by atoms with E-state index in [1.807, 2.05) is 62.4 Å². The number of aryl methyl sites for hydroxylation is 2. The van der Waals surface area contributed by atoms with Gasteiger partial charge in [0.15, 0.2) is 0 Å². The molecule has 1 N–H and O–H groups in total. The zero-order valence-electron chi connectivity index (χ0n) is 20.5. The molecule has 2 amide bonds. The minimum absolute atomic E-state index is 0.110. The van der Waals surface area contributed by atoms with Gasteiger partial charge < -0.3 is 9.30 Å². The molecule has 2 heterocycles. The summed E-state index contributed by atoms with van der Waals surface area (Å²) in [6.45, 7) is 6.56. The van der Waals surface area contributed by atoms with Crippen LogP contribution in [0, 0.1) is 20.8 Å². The third-order valence-corrected chi connectivity index (χ3v) is 6.30. The second-order valence-corrected chi connectivity index (χ2v) is 8.91. The molecule has 5 rings (SSSR count). The number of hydrazine groups is 1. The van der Waals surface area contributed by atoms with E-state index < -0.39 is 5.91 Å². The molecule has 0 unspecified atom stereocenters. The molecule has 1 aliphatic heterocycles. The number of benzene rings is 3. The quantitative estimate of drug-likeness (QED) is 0.297. The van der Waals surface area contributed by atoms with Crippen LogP contribution in [-0.2, 0) is 16.2 Å². The first kappa shape index (κ1) is 23.2. The molecule has 1 fully saturated rings. The number of carbonyl (C=O) groups is 2. The van der Waals surface area contributed by atoms with Gasteiger partial charge in [-0.15, -0.1) is 0 Å². The average Bonchev–Trinajstić information content (AvgIpc) is 3.33. The number of nitrogens with zero attached hydrogens (tertiary/aromatic N) is 2. The van der Waals surface area contributed by atoms with Crippen LogP contribution in [0.2, 0.25) is 0 Å². The maximum Gasteiger partial charge on any atom is 0.282 e. The van der Waals surface area contributed by atoms with Crippen molar-refractivity contribution in [3.63, 3.8) is 0 Å². The highest BCUT2D eigenvalue weighted by Crippen LogP contribution is 2.27. The number of rotatable bonds is 6. The number of carbonyl (C=O) groups excluding carboxylic acids is 2. The first-order chi connectivity index (χ1) is 17.4. The summed E-state index contributed by atoms with van der Waals surface area (Å²) in [5.41, 5.74) is 9.46. The molecule has 0 aliphatic carbocycles. The van der Waals surface area contributed by atoms with E-state index in [0.29, 0.717) is 12.3 Å². The molecule has 0 radical (unpaired) electrons. The summed E-state index contributed by atoms with van der Waals surface area (Å²) in [6, 6.07) is 27.3. The van der Waals surface area contributed by atoms with Crippen molar-refractivity contribution in [3.8, 4) is 11.4 Å². The molecule has 0 spiro atoms. The number of nitrogens with one attached hydrogen (secondary N) is 1. The Morgan fingerprint density at radius 3 is 2.22 bits per heavy atom. The van der Waals surface area contributed by atoms with Crippen molar-refractivity contribution >= 4 is 23.6 Å². The molecule has 0 saturated carbocycles. The van der Waals surface area contributed by atoms with Gasteiger partial charge in [-0.25, -0.2) is 5.01 Å². The van der Waals surface area contributed by atoms with Crippen molar-refractivity contribution in [1.29, 1.82) is 0 Å². The SMILES string of the molecule is Cc1ccc(COc2ccc(-n3c(C)cc(C=C4C(=O)NN(c5ccccc5)C4=O)c3C)cc2)cc1. The highest BCUT2D eigenvalue weighted by molar-refractivity contribution is 6.31. The number of para-hydroxylation sites is 1. The van der Waals surface area contributed by atoms with Gasteiger partial charge in [0, 0.05) is 17.1 Å². The van der Waals surface area contributed by atoms with Crippen molar-refractivity contribution < 1.29 is 14.3 Å². The fourth-order valence-electron chi connectivity index (χ4n) is 4.35. The molecule has 4 aromatic rings. The first-order valence-electron chi connectivity index (χ1n) is 11.8. The van der Waals surface area contributed by atoms with E-state index in [-0.39, 0.29) is 11.5 Å². The Hall–Kier alpha value is -4.58. The Morgan fingerprint density at radius 2 is 1.53 bits per heavy atom. The van der Waals surface area contributed by atoms with Gasteiger partial charge in [0.1, 0.15) is 17.9 Å². The standard InChI is InChI=1S/C30H27N3O3/c1-20-9-11-23(12-10-20)19-36-27-15-13-25(14-16-27)32-21(2)17-24(22(32)3)18-28-29(34)31-33(30(28)35)26-7-5-4-6-8-26/h4-18H,19H2,1-3H3,(H,31,34). The number of hydrogen-bond donors (Lipinski definition) is 1. The van der Waals surface area contributed by atoms with E-state index in [4.69, 9.17) is 4.74 Å². The predicted octanol–water partition coefficient (Wildman–Crippen LogP) is 5.44. The molecule has 1 saturated heterocycles. The highest BCUT2D eigenvalue weighted by atomic mass is 16.5. The van der Waals surface area contributed by atoms with Crippen molar-refractivity contribution in [2.45, 2.75) is 27.4 Å². The maximum absolute atomic E-state index is 13.0. The summed E-state index contributed by atoms with van der Waals surface area (Å²) in [4.78, 5) is 25.6. The van der Waals surface area contributed by atoms with Crippen LogP contribution in [-0.4, -0.2) is 16.4 Å². The van der Waals surface area contributed by atoms with Crippen LogP contribution >= 0.6 is 0 Å². The largest absolute Gasteiger partial charge is 0.489 e. The van der Waals surface area contributed by atoms with Gasteiger partial charge in [-0.1, -0.05) is 48.0 Å². The van der Waals surface area contributed by atoms with E-state index in [9.17, 15) is 9.59 Å². The van der Waals surface area contributed by atoms with E-state index in [1.165, 1.54) is 10.6 Å². The van der Waals surface area contributed by atoms with E-state index in [1.54, 1.807) is 18.2 Å². The summed E-state index contributed by atoms with van der Waals surface area (Å²) in [5.74, 6) is 0.00757. The predicted molar refractivity (Wildman–Crippen MR) is 141 cm³/mol. The van der Waals surface area contributed by atoms with Crippen molar-refractivity contribution in [3.05, 3.63) is 119 Å². The summed E-state index contributed by atoms with van der Waals surface area (Å²) in [5, 5.41) is 1.28. The van der Waals surface area contributed by atoms with Crippen LogP contribution in [0.4, 0.5) is 5.69 Å². The molecule has 1 aliphatic rings. The van der Waals surface area contributed by atoms with Crippen molar-refractivity contribution in [1.82, 2.24) is 9.99 Å². The Labute approximate surface area is 210 Å². The van der Waals surface area contributed by atoms with Crippen molar-refractivity contribution in [2.75, 3.05) is 5.01 Å². The fraction of sp³-hybridized carbons (Fsp3) is 0.133. The van der Waals surface area contributed by atoms with Crippen molar-refractivity contribution in [2.24, 2.45) is 0 Å². The Morgan fingerprint density at radius 1 is 0.833 bits per heavy atom. The lowest BCUT2D eigenvalue weighted by molar-refractivity contribution is -0.117. The zero-order valence-corrected chi connectivity index (χ0v) is 20.5. The smallest absolute Gasteiger partial charge is 0.282 e. The van der Waals surface area contributed by atoms with E-state index >= 15 is 0 Å². The van der Waals surface area contributed by atoms with E-state index in [2.05, 4.69) is 41.2 Å². The van der Waals surface area contributed by atoms with Gasteiger partial charge in [0.2, 0.25) is 0 Å². The molecule has 6 nitrogen and oxygen atoms in total. The molecule has 6 heteroatoms. The summed E-state index contributed by atoms with van der Waals surface area (Å²) >= 11 is 0. The Balaban J connectivity index is 1.35. The topological polar surface area (TPSA) is 63.6 Å². The third-order valence-electron chi connectivity index (χ3n) is 6.30. The maximum atomic E-state index is 13.0. The van der Waals surface area contributed by atoms with Crippen LogP contribution in [0.25, 0.3) is 11.8 Å². The number of amides is 2. The van der Waals surface area contributed by atoms with Gasteiger partial charge in [0.25, 0.3) is 11.8 Å². The summed E-state index contributed by atoms with van der Waals surface area (Å²) < 4.78 is 8.04. The van der Waals surface area contributed by atoms with E-state index in [0.717, 1.165) is 34.0 Å². The molecule has 36 heavy (non-hydrogen) atoms. The monoisotopic (exact) mass is 477 g/mol. The minimum Gasteiger partial charge on any atom is -0.489 e. The molecule has 0 atom stereocenters. The molecular weight excluding hydrogens is 450 g/mol.